The Bertz CT molecular complexity index is 1270. The molecule has 8 saturated carbocycles. The molecule has 0 amide bonds. The third-order valence-corrected chi connectivity index (χ3v) is 15.5. The number of esters is 2. The molecule has 2 heterocycles. The number of hydrogen-bond acceptors (Lipinski definition) is 6. The molecule has 10 fully saturated rings. The summed E-state index contributed by atoms with van der Waals surface area (Å²) in [6, 6.07) is 0. The van der Waals surface area contributed by atoms with Gasteiger partial charge in [0.15, 0.2) is 0 Å². The van der Waals surface area contributed by atoms with E-state index in [2.05, 4.69) is 27.7 Å². The van der Waals surface area contributed by atoms with Gasteiger partial charge in [0.25, 0.3) is 0 Å². The largest absolute Gasteiger partial charge is 0.461 e. The average molecular weight is 493 g/mol. The zero-order chi connectivity index (χ0) is 25.3. The summed E-state index contributed by atoms with van der Waals surface area (Å²) in [6.45, 7) is 12.8. The molecule has 36 heavy (non-hydrogen) atoms. The molecule has 0 radical (unpaired) electrons. The van der Waals surface area contributed by atoms with Gasteiger partial charge in [-0.1, -0.05) is 41.5 Å². The Morgan fingerprint density at radius 2 is 1.19 bits per heavy atom. The van der Waals surface area contributed by atoms with Crippen molar-refractivity contribution in [2.45, 2.75) is 79.4 Å². The fourth-order valence-corrected chi connectivity index (χ4v) is 15.5. The Labute approximate surface area is 211 Å². The van der Waals surface area contributed by atoms with Gasteiger partial charge in [0.1, 0.15) is 23.8 Å². The van der Waals surface area contributed by atoms with Gasteiger partial charge in [0.2, 0.25) is 0 Å². The number of hydrogen-bond donors (Lipinski definition) is 0. The second-order valence-corrected chi connectivity index (χ2v) is 14.9. The Hall–Kier alpha value is -1.72. The van der Waals surface area contributed by atoms with Crippen molar-refractivity contribution in [2.24, 2.45) is 79.8 Å². The first kappa shape index (κ1) is 21.2. The number of Topliss-reactive ketones (excluding diaryl/α,β-unsaturated/α-hetero) is 2. The van der Waals surface area contributed by atoms with Gasteiger partial charge in [-0.05, 0) is 37.5 Å². The normalized spacial score (nSPS) is 70.3. The summed E-state index contributed by atoms with van der Waals surface area (Å²) in [5.74, 6) is -0.214. The van der Waals surface area contributed by atoms with Gasteiger partial charge in [-0.15, -0.1) is 0 Å². The minimum atomic E-state index is -0.820. The standard InChI is InChI=1S/C30H36O6/c1-11-7-9-16-14(4)24(34)36-22(16)30-26(6)20(32)17-25(5)19(31)18(27(11,17)30)28(30)12(2)8-10-15-13(3)23(33)35-21(15)29(25,26)28/h11-18,21-22H,7-10H2,1-6H3/t11-,12-,13-,14-,15-,16-,17+,18-,21-,22-,25-,26-,27+,28+,29+,30+/m0/s1. The zero-order valence-corrected chi connectivity index (χ0v) is 22.1. The molecule has 8 aliphatic carbocycles. The Kier molecular flexibility index (Phi) is 3.02. The Morgan fingerprint density at radius 3 is 1.78 bits per heavy atom. The van der Waals surface area contributed by atoms with Crippen LogP contribution in [-0.2, 0) is 28.7 Å². The highest BCUT2D eigenvalue weighted by Gasteiger charge is 3.21. The maximum atomic E-state index is 14.9. The monoisotopic (exact) mass is 492 g/mol. The van der Waals surface area contributed by atoms with Gasteiger partial charge in [-0.25, -0.2) is 0 Å². The third kappa shape index (κ3) is 1.20. The van der Waals surface area contributed by atoms with E-state index in [1.54, 1.807) is 0 Å². The lowest BCUT2D eigenvalue weighted by atomic mass is 9.06. The van der Waals surface area contributed by atoms with Crippen LogP contribution < -0.4 is 0 Å². The number of ether oxygens (including phenoxy) is 2. The van der Waals surface area contributed by atoms with Crippen LogP contribution in [0, 0.1) is 79.8 Å². The molecule has 0 unspecified atom stereocenters. The molecule has 0 aromatic rings. The predicted octanol–water partition coefficient (Wildman–Crippen LogP) is 3.60. The second kappa shape index (κ2) is 5.12. The first-order valence-electron chi connectivity index (χ1n) is 14.4. The van der Waals surface area contributed by atoms with Crippen molar-refractivity contribution in [2.75, 3.05) is 0 Å². The quantitative estimate of drug-likeness (QED) is 0.481. The third-order valence-electron chi connectivity index (χ3n) is 15.5. The minimum Gasteiger partial charge on any atom is -0.461 e. The number of rotatable bonds is 0. The van der Waals surface area contributed by atoms with Gasteiger partial charge >= 0.3 is 11.9 Å². The molecule has 2 aliphatic heterocycles. The van der Waals surface area contributed by atoms with Gasteiger partial charge in [0.05, 0.1) is 11.8 Å². The van der Waals surface area contributed by atoms with Crippen LogP contribution in [0.15, 0.2) is 0 Å². The van der Waals surface area contributed by atoms with Crippen molar-refractivity contribution in [1.29, 1.82) is 0 Å². The van der Waals surface area contributed by atoms with Crippen LogP contribution >= 0.6 is 0 Å². The summed E-state index contributed by atoms with van der Waals surface area (Å²) >= 11 is 0. The maximum Gasteiger partial charge on any atom is 0.309 e. The van der Waals surface area contributed by atoms with Crippen molar-refractivity contribution in [1.82, 2.24) is 0 Å². The van der Waals surface area contributed by atoms with E-state index in [0.29, 0.717) is 0 Å². The minimum absolute atomic E-state index is 0.0329. The fraction of sp³-hybridized carbons (Fsp3) is 0.867. The molecule has 6 nitrogen and oxygen atoms in total. The lowest BCUT2D eigenvalue weighted by Gasteiger charge is -2.95. The van der Waals surface area contributed by atoms with Crippen molar-refractivity contribution in [3.05, 3.63) is 0 Å². The molecule has 0 N–H and O–H groups in total. The summed E-state index contributed by atoms with van der Waals surface area (Å²) in [5, 5.41) is 0. The molecule has 6 heteroatoms. The van der Waals surface area contributed by atoms with Gasteiger partial charge in [0, 0.05) is 56.2 Å². The average Bonchev–Trinajstić information content (AvgIpc) is 3.36. The van der Waals surface area contributed by atoms with Crippen LogP contribution in [0.25, 0.3) is 0 Å². The van der Waals surface area contributed by atoms with E-state index in [9.17, 15) is 19.2 Å². The molecule has 10 aliphatic rings. The first-order valence-corrected chi connectivity index (χ1v) is 14.4. The van der Waals surface area contributed by atoms with Crippen molar-refractivity contribution in [3.63, 3.8) is 0 Å². The lowest BCUT2D eigenvalue weighted by molar-refractivity contribution is -0.531. The smallest absolute Gasteiger partial charge is 0.309 e. The van der Waals surface area contributed by atoms with E-state index in [0.717, 1.165) is 25.7 Å². The van der Waals surface area contributed by atoms with Crippen LogP contribution in [0.5, 0.6) is 0 Å². The summed E-state index contributed by atoms with van der Waals surface area (Å²) < 4.78 is 12.8. The summed E-state index contributed by atoms with van der Waals surface area (Å²) in [6.07, 6.45) is 2.92. The molecule has 0 aromatic heterocycles. The summed E-state index contributed by atoms with van der Waals surface area (Å²) in [4.78, 5) is 55.9. The first-order chi connectivity index (χ1) is 16.9. The van der Waals surface area contributed by atoms with E-state index in [1.165, 1.54) is 0 Å². The van der Waals surface area contributed by atoms with E-state index >= 15 is 0 Å². The maximum absolute atomic E-state index is 14.9. The van der Waals surface area contributed by atoms with Crippen molar-refractivity contribution >= 4 is 23.5 Å². The molecular weight excluding hydrogens is 456 g/mol. The number of carbonyl (C=O) groups excluding carboxylic acids is 4. The zero-order valence-electron chi connectivity index (χ0n) is 22.1. The molecule has 4 spiro atoms. The Morgan fingerprint density at radius 1 is 0.667 bits per heavy atom. The molecule has 2 saturated heterocycles. The number of fused-ring (bicyclic) bond motifs is 2. The number of ketones is 2. The highest BCUT2D eigenvalue weighted by Crippen LogP contribution is 3.15. The highest BCUT2D eigenvalue weighted by molar-refractivity contribution is 6.17. The van der Waals surface area contributed by atoms with Gasteiger partial charge < -0.3 is 9.47 Å². The van der Waals surface area contributed by atoms with E-state index in [1.807, 2.05) is 13.8 Å². The van der Waals surface area contributed by atoms with Crippen LogP contribution in [0.1, 0.15) is 67.2 Å². The van der Waals surface area contributed by atoms with Gasteiger partial charge in [-0.2, -0.15) is 0 Å². The molecule has 16 atom stereocenters. The summed E-state index contributed by atoms with van der Waals surface area (Å²) in [5.41, 5.74) is -3.72. The SMILES string of the molecule is C[C@@H]1C(=O)O[C@H]2[C@H]1CC[C@H](C)[C@]13[C@@H]4C(=O)[C@]5(C)[C@H]1C(=O)[C@]1(C)[C@]23[C@]42[C@@H](C)CC[C@H]3[C@H](C)C(=O)O[C@@H]3[C@@]125. The van der Waals surface area contributed by atoms with Crippen LogP contribution in [-0.4, -0.2) is 35.7 Å². The number of carbonyl (C=O) groups is 4. The van der Waals surface area contributed by atoms with E-state index < -0.39 is 38.6 Å². The van der Waals surface area contributed by atoms with Crippen molar-refractivity contribution < 1.29 is 28.7 Å². The molecule has 4 bridgehead atoms. The van der Waals surface area contributed by atoms with E-state index in [4.69, 9.17) is 9.47 Å². The van der Waals surface area contributed by atoms with E-state index in [-0.39, 0.29) is 77.0 Å². The highest BCUT2D eigenvalue weighted by atomic mass is 16.6. The lowest BCUT2D eigenvalue weighted by Crippen LogP contribution is -2.98. The summed E-state index contributed by atoms with van der Waals surface area (Å²) in [7, 11) is 0. The second-order valence-electron chi connectivity index (χ2n) is 14.9. The fourth-order valence-electron chi connectivity index (χ4n) is 15.5. The van der Waals surface area contributed by atoms with Crippen LogP contribution in [0.2, 0.25) is 0 Å². The molecule has 192 valence electrons. The predicted molar refractivity (Wildman–Crippen MR) is 125 cm³/mol. The molecule has 10 rings (SSSR count). The topological polar surface area (TPSA) is 86.7 Å². The van der Waals surface area contributed by atoms with Crippen LogP contribution in [0.3, 0.4) is 0 Å². The molecule has 0 aromatic carbocycles. The van der Waals surface area contributed by atoms with Crippen molar-refractivity contribution in [3.8, 4) is 0 Å². The van der Waals surface area contributed by atoms with Crippen LogP contribution in [0.4, 0.5) is 0 Å². The Balaban J connectivity index is 1.44. The molecular formula is C30H36O6. The van der Waals surface area contributed by atoms with Gasteiger partial charge in [-0.3, -0.25) is 19.2 Å².